The molecule has 1 atom stereocenters. The number of amides is 1. The summed E-state index contributed by atoms with van der Waals surface area (Å²) in [4.78, 5) is 27.5. The number of halogens is 4. The number of aryl methyl sites for hydroxylation is 1. The van der Waals surface area contributed by atoms with Gasteiger partial charge in [-0.1, -0.05) is 29.8 Å². The molecule has 10 heteroatoms. The number of aliphatic carboxylic acids is 1. The van der Waals surface area contributed by atoms with Gasteiger partial charge in [0.05, 0.1) is 22.9 Å². The molecule has 2 N–H and O–H groups in total. The molecule has 0 bridgehead atoms. The Labute approximate surface area is 204 Å². The van der Waals surface area contributed by atoms with E-state index in [4.69, 9.17) is 11.6 Å². The number of carboxylic acid groups (broad SMARTS) is 1. The highest BCUT2D eigenvalue weighted by atomic mass is 35.5. The molecule has 4 rings (SSSR count). The lowest BCUT2D eigenvalue weighted by Crippen LogP contribution is -2.41. The monoisotopic (exact) mass is 503 g/mol. The van der Waals surface area contributed by atoms with Crippen LogP contribution in [0.25, 0.3) is 0 Å². The van der Waals surface area contributed by atoms with Crippen molar-refractivity contribution in [3.8, 4) is 0 Å². The molecule has 0 fully saturated rings. The van der Waals surface area contributed by atoms with Crippen molar-refractivity contribution in [2.45, 2.75) is 18.9 Å². The van der Waals surface area contributed by atoms with Gasteiger partial charge in [-0.2, -0.15) is 0 Å². The van der Waals surface area contributed by atoms with Crippen LogP contribution in [0.1, 0.15) is 22.3 Å². The molecule has 1 amide bonds. The number of nitrogens with one attached hydrogen (secondary N) is 1. The summed E-state index contributed by atoms with van der Waals surface area (Å²) < 4.78 is 42.3. The molecule has 0 saturated carbocycles. The van der Waals surface area contributed by atoms with Crippen LogP contribution in [-0.2, 0) is 11.2 Å². The number of nitrogens with zero attached hydrogens (tertiary/aromatic N) is 2. The maximum Gasteiger partial charge on any atom is 0.326 e. The lowest BCUT2D eigenvalue weighted by molar-refractivity contribution is -0.139. The van der Waals surface area contributed by atoms with Gasteiger partial charge >= 0.3 is 5.97 Å². The van der Waals surface area contributed by atoms with E-state index in [1.54, 1.807) is 41.1 Å². The molecule has 3 aromatic rings. The Morgan fingerprint density at radius 1 is 1.06 bits per heavy atom. The van der Waals surface area contributed by atoms with Gasteiger partial charge in [0, 0.05) is 12.7 Å². The van der Waals surface area contributed by atoms with Crippen LogP contribution in [0.4, 0.5) is 30.2 Å². The molecule has 1 aliphatic heterocycles. The minimum atomic E-state index is -1.27. The van der Waals surface area contributed by atoms with Gasteiger partial charge in [-0.15, -0.1) is 0 Å². The van der Waals surface area contributed by atoms with Crippen LogP contribution in [0.5, 0.6) is 0 Å². The number of anilines is 3. The van der Waals surface area contributed by atoms with E-state index in [2.05, 4.69) is 5.32 Å². The fraction of sp³-hybridized carbons (Fsp3) is 0.200. The third-order valence-electron chi connectivity index (χ3n) is 5.85. The molecule has 0 aromatic heterocycles. The van der Waals surface area contributed by atoms with Gasteiger partial charge in [0.25, 0.3) is 5.91 Å². The number of carboxylic acids is 1. The normalized spacial score (nSPS) is 13.5. The quantitative estimate of drug-likeness (QED) is 0.468. The number of hydrogen-bond donors (Lipinski definition) is 2. The number of benzene rings is 3. The maximum atomic E-state index is 14.5. The first-order valence-electron chi connectivity index (χ1n) is 10.7. The summed E-state index contributed by atoms with van der Waals surface area (Å²) >= 11 is 5.89. The van der Waals surface area contributed by atoms with Gasteiger partial charge < -0.3 is 20.2 Å². The summed E-state index contributed by atoms with van der Waals surface area (Å²) in [6.45, 7) is 0.334. The standard InChI is InChI=1S/C25H21ClF3N3O3/c1-31-13-32(23-20(31)12-10-18(28)22(23)29)15-8-5-14(6-9-15)7-11-19(25(34)35)30-24(33)21-16(26)3-2-4-17(21)27/h2-6,8-10,12,19H,7,11,13H2,1H3,(H,30,33)(H,34,35)/t19-/m0/s1. The van der Waals surface area contributed by atoms with Crippen molar-refractivity contribution in [2.75, 3.05) is 23.5 Å². The zero-order chi connectivity index (χ0) is 25.3. The van der Waals surface area contributed by atoms with Gasteiger partial charge in [-0.3, -0.25) is 4.79 Å². The Balaban J connectivity index is 1.45. The van der Waals surface area contributed by atoms with E-state index in [1.165, 1.54) is 18.2 Å². The fourth-order valence-corrected chi connectivity index (χ4v) is 4.27. The Hall–Kier alpha value is -3.72. The molecule has 35 heavy (non-hydrogen) atoms. The van der Waals surface area contributed by atoms with Crippen LogP contribution in [0, 0.1) is 17.5 Å². The summed E-state index contributed by atoms with van der Waals surface area (Å²) in [7, 11) is 1.78. The second kappa shape index (κ2) is 9.87. The number of fused-ring (bicyclic) bond motifs is 1. The highest BCUT2D eigenvalue weighted by Gasteiger charge is 2.30. The smallest absolute Gasteiger partial charge is 0.326 e. The third kappa shape index (κ3) is 4.90. The summed E-state index contributed by atoms with van der Waals surface area (Å²) in [6, 6.07) is 12.1. The highest BCUT2D eigenvalue weighted by Crippen LogP contribution is 2.42. The highest BCUT2D eigenvalue weighted by molar-refractivity contribution is 6.33. The molecular weight excluding hydrogens is 483 g/mol. The molecule has 182 valence electrons. The summed E-state index contributed by atoms with van der Waals surface area (Å²) in [6.07, 6.45) is 0.337. The van der Waals surface area contributed by atoms with Crippen LogP contribution >= 0.6 is 11.6 Å². The Morgan fingerprint density at radius 2 is 1.77 bits per heavy atom. The zero-order valence-corrected chi connectivity index (χ0v) is 19.3. The molecule has 0 radical (unpaired) electrons. The van der Waals surface area contributed by atoms with E-state index in [0.717, 1.165) is 17.7 Å². The maximum absolute atomic E-state index is 14.5. The molecule has 3 aromatic carbocycles. The largest absolute Gasteiger partial charge is 0.480 e. The fourth-order valence-electron chi connectivity index (χ4n) is 4.02. The number of rotatable bonds is 7. The molecule has 0 spiro atoms. The predicted molar refractivity (Wildman–Crippen MR) is 127 cm³/mol. The van der Waals surface area contributed by atoms with Gasteiger partial charge in [0.1, 0.15) is 17.5 Å². The molecule has 0 unspecified atom stereocenters. The van der Waals surface area contributed by atoms with Crippen LogP contribution in [0.15, 0.2) is 54.6 Å². The van der Waals surface area contributed by atoms with E-state index >= 15 is 0 Å². The van der Waals surface area contributed by atoms with E-state index in [1.807, 2.05) is 0 Å². The van der Waals surface area contributed by atoms with Gasteiger partial charge in [-0.05, 0) is 54.8 Å². The third-order valence-corrected chi connectivity index (χ3v) is 6.16. The van der Waals surface area contributed by atoms with Crippen LogP contribution < -0.4 is 15.1 Å². The lowest BCUT2D eigenvalue weighted by atomic mass is 10.0. The lowest BCUT2D eigenvalue weighted by Gasteiger charge is -2.20. The molecule has 1 heterocycles. The first-order valence-corrected chi connectivity index (χ1v) is 11.1. The van der Waals surface area contributed by atoms with Gasteiger partial charge in [0.15, 0.2) is 11.6 Å². The molecule has 0 aliphatic carbocycles. The van der Waals surface area contributed by atoms with E-state index < -0.39 is 40.9 Å². The number of carbonyl (C=O) groups is 2. The Morgan fingerprint density at radius 3 is 2.43 bits per heavy atom. The second-order valence-electron chi connectivity index (χ2n) is 8.16. The van der Waals surface area contributed by atoms with Crippen molar-refractivity contribution in [2.24, 2.45) is 0 Å². The Kier molecular flexibility index (Phi) is 6.88. The van der Waals surface area contributed by atoms with Crippen molar-refractivity contribution in [3.05, 3.63) is 88.2 Å². The summed E-state index contributed by atoms with van der Waals surface area (Å²) in [5.41, 5.74) is 1.72. The Bertz CT molecular complexity index is 1270. The van der Waals surface area contributed by atoms with Crippen LogP contribution in [-0.4, -0.2) is 36.7 Å². The minimum Gasteiger partial charge on any atom is -0.480 e. The SMILES string of the molecule is CN1CN(c2ccc(CC[C@H](NC(=O)c3c(F)cccc3Cl)C(=O)O)cc2)c2c1ccc(F)c2F. The van der Waals surface area contributed by atoms with E-state index in [-0.39, 0.29) is 17.1 Å². The first-order chi connectivity index (χ1) is 16.7. The second-order valence-corrected chi connectivity index (χ2v) is 8.57. The summed E-state index contributed by atoms with van der Waals surface area (Å²) in [5, 5.41) is 11.7. The van der Waals surface area contributed by atoms with Crippen molar-refractivity contribution in [3.63, 3.8) is 0 Å². The van der Waals surface area contributed by atoms with Crippen molar-refractivity contribution >= 4 is 40.5 Å². The average Bonchev–Trinajstić information content (AvgIpc) is 3.16. The van der Waals surface area contributed by atoms with Gasteiger partial charge in [0.2, 0.25) is 0 Å². The number of hydrogen-bond acceptors (Lipinski definition) is 4. The first kappa shape index (κ1) is 24.4. The molecular formula is C25H21ClF3N3O3. The van der Waals surface area contributed by atoms with E-state index in [9.17, 15) is 27.9 Å². The van der Waals surface area contributed by atoms with Crippen molar-refractivity contribution in [1.29, 1.82) is 0 Å². The van der Waals surface area contributed by atoms with Crippen LogP contribution in [0.2, 0.25) is 5.02 Å². The predicted octanol–water partition coefficient (Wildman–Crippen LogP) is 5.12. The molecule has 1 aliphatic rings. The van der Waals surface area contributed by atoms with Crippen molar-refractivity contribution < 1.29 is 27.9 Å². The molecule has 6 nitrogen and oxygen atoms in total. The zero-order valence-electron chi connectivity index (χ0n) is 18.6. The summed E-state index contributed by atoms with van der Waals surface area (Å²) in [5.74, 6) is -4.89. The minimum absolute atomic E-state index is 0.0433. The average molecular weight is 504 g/mol. The van der Waals surface area contributed by atoms with E-state index in [0.29, 0.717) is 24.5 Å². The topological polar surface area (TPSA) is 72.9 Å². The number of carbonyl (C=O) groups excluding carboxylic acids is 1. The van der Waals surface area contributed by atoms with Crippen molar-refractivity contribution in [1.82, 2.24) is 5.32 Å². The molecule has 0 saturated heterocycles. The van der Waals surface area contributed by atoms with Gasteiger partial charge in [-0.25, -0.2) is 18.0 Å². The van der Waals surface area contributed by atoms with Crippen LogP contribution in [0.3, 0.4) is 0 Å².